The molecule has 2 aliphatic rings. The molecule has 2 aliphatic heterocycles. The van der Waals surface area contributed by atoms with Crippen molar-refractivity contribution in [3.8, 4) is 0 Å². The summed E-state index contributed by atoms with van der Waals surface area (Å²) in [6.45, 7) is 28.3. The van der Waals surface area contributed by atoms with Crippen molar-refractivity contribution in [3.63, 3.8) is 0 Å². The smallest absolute Gasteiger partial charge is 0.416 e. The lowest BCUT2D eigenvalue weighted by atomic mass is 11.9. The van der Waals surface area contributed by atoms with Gasteiger partial charge in [0.2, 0.25) is 0 Å². The first-order chi connectivity index (χ1) is 13.4. The summed E-state index contributed by atoms with van der Waals surface area (Å²) in [5, 5.41) is 0. The molecule has 0 spiro atoms. The minimum absolute atomic E-state index is 1.95. The van der Waals surface area contributed by atoms with Crippen LogP contribution in [-0.4, -0.2) is 69.0 Å². The van der Waals surface area contributed by atoms with Crippen LogP contribution in [0.1, 0.15) is 0 Å². The summed E-state index contributed by atoms with van der Waals surface area (Å²) in [6.07, 6.45) is 0. The maximum atomic E-state index is 6.60. The average molecular weight is 579 g/mol. The average Bonchev–Trinajstić information content (AvgIpc) is 2.21. The molecule has 0 aromatic carbocycles. The van der Waals surface area contributed by atoms with Gasteiger partial charge >= 0.3 is 69.0 Å². The highest BCUT2D eigenvalue weighted by Crippen LogP contribution is 2.36. The maximum Gasteiger partial charge on any atom is 0.470 e. The van der Waals surface area contributed by atoms with Crippen LogP contribution in [0.3, 0.4) is 0 Å². The van der Waals surface area contributed by atoms with Crippen molar-refractivity contribution in [1.29, 1.82) is 0 Å². The van der Waals surface area contributed by atoms with E-state index in [1.807, 2.05) is 91.7 Å². The lowest BCUT2D eigenvalue weighted by Gasteiger charge is -2.50. The van der Waals surface area contributed by atoms with Gasteiger partial charge < -0.3 is 37.0 Å². The Hall–Kier alpha value is 1.38. The van der Waals surface area contributed by atoms with Gasteiger partial charge in [0.15, 0.2) is 0 Å². The normalized spacial score (nSPS) is 28.8. The molecular weight excluding hydrogens is 537 g/mol. The zero-order valence-corrected chi connectivity index (χ0v) is 29.7. The molecule has 0 atom stereocenters. The summed E-state index contributed by atoms with van der Waals surface area (Å²) in [6, 6.07) is 0. The van der Waals surface area contributed by atoms with Gasteiger partial charge in [-0.1, -0.05) is 0 Å². The van der Waals surface area contributed by atoms with Gasteiger partial charge in [-0.15, -0.1) is 0 Å². The van der Waals surface area contributed by atoms with Crippen LogP contribution in [0.2, 0.25) is 91.7 Å². The fourth-order valence-electron chi connectivity index (χ4n) is 4.70. The Balaban J connectivity index is 2.14. The summed E-state index contributed by atoms with van der Waals surface area (Å²) in [4.78, 5) is 0. The first kappa shape index (κ1) is 28.6. The number of hydrogen-bond acceptors (Lipinski definition) is 9. The topological polar surface area (TPSA) is 83.1 Å². The third-order valence-corrected chi connectivity index (χ3v) is 36.6. The molecule has 31 heavy (non-hydrogen) atoms. The van der Waals surface area contributed by atoms with Crippen LogP contribution < -0.4 is 0 Å². The molecule has 0 radical (unpaired) electrons. The van der Waals surface area contributed by atoms with Gasteiger partial charge in [-0.25, -0.2) is 0 Å². The second-order valence-corrected chi connectivity index (χ2v) is 38.6. The molecule has 0 saturated carbocycles. The van der Waals surface area contributed by atoms with Gasteiger partial charge in [-0.05, 0) is 78.6 Å². The molecule has 0 aromatic heterocycles. The Morgan fingerprint density at radius 1 is 0.419 bits per heavy atom. The second-order valence-electron chi connectivity index (χ2n) is 11.0. The highest BCUT2D eigenvalue weighted by Gasteiger charge is 2.60. The summed E-state index contributed by atoms with van der Waals surface area (Å²) in [5.41, 5.74) is 0. The van der Waals surface area contributed by atoms with Gasteiger partial charge in [-0.3, -0.25) is 0 Å². The van der Waals surface area contributed by atoms with Crippen molar-refractivity contribution < 1.29 is 37.0 Å². The maximum absolute atomic E-state index is 6.60. The van der Waals surface area contributed by atoms with E-state index < -0.39 is 69.0 Å². The van der Waals surface area contributed by atoms with Gasteiger partial charge in [0, 0.05) is 13.1 Å². The molecule has 2 fully saturated rings. The molecule has 184 valence electrons. The Morgan fingerprint density at radius 2 is 0.645 bits per heavy atom. The third kappa shape index (κ3) is 8.83. The monoisotopic (exact) mass is 578 g/mol. The van der Waals surface area contributed by atoms with E-state index in [1.165, 1.54) is 0 Å². The summed E-state index contributed by atoms with van der Waals surface area (Å²) < 4.78 is 57.2. The molecule has 0 aromatic rings. The van der Waals surface area contributed by atoms with E-state index >= 15 is 0 Å². The van der Waals surface area contributed by atoms with Crippen molar-refractivity contribution in [2.24, 2.45) is 0 Å². The Morgan fingerprint density at radius 3 is 0.871 bits per heavy atom. The molecule has 0 aliphatic carbocycles. The van der Waals surface area contributed by atoms with E-state index in [-0.39, 0.29) is 0 Å². The van der Waals surface area contributed by atoms with Crippen molar-refractivity contribution in [2.75, 3.05) is 0 Å². The lowest BCUT2D eigenvalue weighted by molar-refractivity contribution is 0.147. The van der Waals surface area contributed by atoms with Gasteiger partial charge in [0.25, 0.3) is 0 Å². The van der Waals surface area contributed by atoms with E-state index in [0.29, 0.717) is 0 Å². The zero-order chi connectivity index (χ0) is 24.4. The quantitative estimate of drug-likeness (QED) is 0.423. The lowest BCUT2D eigenvalue weighted by Crippen LogP contribution is -2.71. The van der Waals surface area contributed by atoms with Crippen LogP contribution in [0, 0.1) is 0 Å². The van der Waals surface area contributed by atoms with Gasteiger partial charge in [0.05, 0.1) is 0 Å². The summed E-state index contributed by atoms with van der Waals surface area (Å²) in [7, 11) is -20.4. The van der Waals surface area contributed by atoms with E-state index in [4.69, 9.17) is 37.0 Å². The molecule has 0 N–H and O–H groups in total. The third-order valence-electron chi connectivity index (χ3n) is 4.06. The molecular formula is C14H42O9Si8. The zero-order valence-electron chi connectivity index (χ0n) is 21.7. The molecule has 0 amide bonds. The van der Waals surface area contributed by atoms with E-state index in [1.54, 1.807) is 0 Å². The fourth-order valence-corrected chi connectivity index (χ4v) is 46.8. The molecule has 2 rings (SSSR count). The first-order valence-electron chi connectivity index (χ1n) is 10.7. The fraction of sp³-hybridized carbons (Fsp3) is 1.00. The predicted octanol–water partition coefficient (Wildman–Crippen LogP) is 4.51. The molecule has 0 bridgehead atoms. The highest BCUT2D eigenvalue weighted by atomic mass is 28.6. The van der Waals surface area contributed by atoms with Crippen LogP contribution in [-0.2, 0) is 37.0 Å². The Kier molecular flexibility index (Phi) is 7.84. The minimum atomic E-state index is -2.92. The summed E-state index contributed by atoms with van der Waals surface area (Å²) >= 11 is 0. The van der Waals surface area contributed by atoms with E-state index in [0.717, 1.165) is 0 Å². The minimum Gasteiger partial charge on any atom is -0.416 e. The van der Waals surface area contributed by atoms with Crippen molar-refractivity contribution in [3.05, 3.63) is 0 Å². The van der Waals surface area contributed by atoms with E-state index in [2.05, 4.69) is 0 Å². The molecule has 2 heterocycles. The van der Waals surface area contributed by atoms with Crippen LogP contribution in [0.5, 0.6) is 0 Å². The van der Waals surface area contributed by atoms with Crippen LogP contribution >= 0.6 is 0 Å². The van der Waals surface area contributed by atoms with Crippen LogP contribution in [0.4, 0.5) is 0 Å². The predicted molar refractivity (Wildman–Crippen MR) is 138 cm³/mol. The highest BCUT2D eigenvalue weighted by molar-refractivity contribution is 6.96. The van der Waals surface area contributed by atoms with Crippen LogP contribution in [0.15, 0.2) is 0 Å². The Labute approximate surface area is 197 Å². The first-order valence-corrected chi connectivity index (χ1v) is 32.0. The molecule has 17 heteroatoms. The molecule has 2 saturated heterocycles. The number of rotatable bonds is 6. The molecule has 0 unspecified atom stereocenters. The molecule has 9 nitrogen and oxygen atoms in total. The van der Waals surface area contributed by atoms with Gasteiger partial charge in [0.1, 0.15) is 0 Å². The van der Waals surface area contributed by atoms with Crippen LogP contribution in [0.25, 0.3) is 0 Å². The second kappa shape index (κ2) is 8.50. The largest absolute Gasteiger partial charge is 0.470 e. The van der Waals surface area contributed by atoms with E-state index in [9.17, 15) is 0 Å². The van der Waals surface area contributed by atoms with Crippen molar-refractivity contribution in [2.45, 2.75) is 91.7 Å². The van der Waals surface area contributed by atoms with Crippen molar-refractivity contribution >= 4 is 69.0 Å². The standard InChI is InChI=1S/C14H42O9Si8/c1-24(2)15-25(3,4)19-30(13,18-24)22-28(9,10)17-29(11,12)23-31(14)20-26(5,6)16-27(7,8)21-31/h1-14H3. The summed E-state index contributed by atoms with van der Waals surface area (Å²) in [5.74, 6) is 0. The SMILES string of the molecule is C[Si]1(C)O[Si](C)(C)O[Si](C)(O[Si](C)(C)O[Si](C)(C)O[Si]2(C)O[Si](C)(C)O[Si](C)(C)O2)O1. The number of hydrogen-bond donors (Lipinski definition) is 0. The Bertz CT molecular complexity index is 597. The van der Waals surface area contributed by atoms with Gasteiger partial charge in [-0.2, -0.15) is 0 Å². The van der Waals surface area contributed by atoms with Crippen molar-refractivity contribution in [1.82, 2.24) is 0 Å².